The minimum absolute atomic E-state index is 0.0100. The highest BCUT2D eigenvalue weighted by Gasteiger charge is 2.30. The van der Waals surface area contributed by atoms with E-state index < -0.39 is 0 Å². The lowest BCUT2D eigenvalue weighted by Gasteiger charge is -2.25. The molecule has 1 atom stereocenters. The van der Waals surface area contributed by atoms with Crippen LogP contribution in [0.1, 0.15) is 55.2 Å². The van der Waals surface area contributed by atoms with Gasteiger partial charge in [-0.15, -0.1) is 0 Å². The van der Waals surface area contributed by atoms with E-state index in [1.807, 2.05) is 11.5 Å². The molecule has 0 saturated heterocycles. The topological polar surface area (TPSA) is 67.2 Å². The quantitative estimate of drug-likeness (QED) is 0.917. The molecule has 0 radical (unpaired) electrons. The number of fused-ring (bicyclic) bond motifs is 1. The number of carbonyl (C=O) groups excluding carboxylic acids is 2. The molecule has 1 saturated carbocycles. The predicted molar refractivity (Wildman–Crippen MR) is 87.1 cm³/mol. The van der Waals surface area contributed by atoms with Crippen molar-refractivity contribution in [2.24, 2.45) is 5.92 Å². The van der Waals surface area contributed by atoms with Crippen LogP contribution in [-0.2, 0) is 17.8 Å². The van der Waals surface area contributed by atoms with Gasteiger partial charge >= 0.3 is 0 Å². The van der Waals surface area contributed by atoms with E-state index in [2.05, 4.69) is 10.3 Å². The molecule has 126 valence electrons. The summed E-state index contributed by atoms with van der Waals surface area (Å²) in [5.41, 5.74) is 1.52. The summed E-state index contributed by atoms with van der Waals surface area (Å²) in [7, 11) is 1.79. The molecule has 1 aromatic rings. The fourth-order valence-electron chi connectivity index (χ4n) is 3.57. The van der Waals surface area contributed by atoms with Gasteiger partial charge in [-0.3, -0.25) is 9.59 Å². The monoisotopic (exact) mass is 318 g/mol. The fraction of sp³-hybridized carbons (Fsp3) is 0.706. The molecule has 23 heavy (non-hydrogen) atoms. The first kappa shape index (κ1) is 16.0. The molecule has 1 unspecified atom stereocenters. The molecule has 0 spiro atoms. The summed E-state index contributed by atoms with van der Waals surface area (Å²) in [5, 5.41) is 3.19. The Morgan fingerprint density at radius 3 is 2.78 bits per heavy atom. The van der Waals surface area contributed by atoms with Gasteiger partial charge in [0, 0.05) is 26.2 Å². The Hall–Kier alpha value is -1.85. The third-order valence-electron chi connectivity index (χ3n) is 5.19. The summed E-state index contributed by atoms with van der Waals surface area (Å²) in [6.45, 7) is 3.24. The average Bonchev–Trinajstić information content (AvgIpc) is 3.21. The zero-order valence-electron chi connectivity index (χ0n) is 14.0. The lowest BCUT2D eigenvalue weighted by molar-refractivity contribution is -0.126. The molecule has 1 fully saturated rings. The first-order valence-electron chi connectivity index (χ1n) is 8.70. The van der Waals surface area contributed by atoms with E-state index in [9.17, 15) is 9.59 Å². The Morgan fingerprint density at radius 1 is 1.35 bits per heavy atom. The number of amides is 2. The standard InChI is InChI=1S/C17H26N4O2/c1-3-20(2)17(23)15-14-9-8-12(10-21(14)11-18-15)16(22)19-13-6-4-5-7-13/h11-13H,3-10H2,1-2H3,(H,19,22). The van der Waals surface area contributed by atoms with Gasteiger partial charge in [0.1, 0.15) is 5.69 Å². The second-order valence-electron chi connectivity index (χ2n) is 6.74. The maximum absolute atomic E-state index is 12.4. The van der Waals surface area contributed by atoms with Gasteiger partial charge in [0.2, 0.25) is 5.91 Å². The Morgan fingerprint density at radius 2 is 2.09 bits per heavy atom. The fourth-order valence-corrected chi connectivity index (χ4v) is 3.57. The highest BCUT2D eigenvalue weighted by molar-refractivity contribution is 5.93. The van der Waals surface area contributed by atoms with Gasteiger partial charge in [-0.2, -0.15) is 0 Å². The third kappa shape index (κ3) is 3.26. The zero-order valence-corrected chi connectivity index (χ0v) is 14.0. The van der Waals surface area contributed by atoms with E-state index in [4.69, 9.17) is 0 Å². The maximum atomic E-state index is 12.4. The van der Waals surface area contributed by atoms with Crippen molar-refractivity contribution in [2.45, 2.75) is 58.0 Å². The second kappa shape index (κ2) is 6.72. The van der Waals surface area contributed by atoms with E-state index in [0.717, 1.165) is 31.4 Å². The van der Waals surface area contributed by atoms with E-state index in [1.54, 1.807) is 18.3 Å². The van der Waals surface area contributed by atoms with Crippen molar-refractivity contribution in [3.8, 4) is 0 Å². The Bertz CT molecular complexity index is 589. The number of hydrogen-bond donors (Lipinski definition) is 1. The number of imidazole rings is 1. The predicted octanol–water partition coefficient (Wildman–Crippen LogP) is 1.60. The molecule has 1 aliphatic carbocycles. The zero-order chi connectivity index (χ0) is 16.4. The van der Waals surface area contributed by atoms with Crippen molar-refractivity contribution in [1.29, 1.82) is 0 Å². The van der Waals surface area contributed by atoms with Crippen molar-refractivity contribution in [2.75, 3.05) is 13.6 Å². The number of nitrogens with one attached hydrogen (secondary N) is 1. The van der Waals surface area contributed by atoms with E-state index in [0.29, 0.717) is 24.8 Å². The molecule has 2 aliphatic rings. The van der Waals surface area contributed by atoms with E-state index in [-0.39, 0.29) is 17.7 Å². The highest BCUT2D eigenvalue weighted by atomic mass is 16.2. The second-order valence-corrected chi connectivity index (χ2v) is 6.74. The van der Waals surface area contributed by atoms with Crippen LogP contribution in [0.25, 0.3) is 0 Å². The van der Waals surface area contributed by atoms with Gasteiger partial charge in [-0.25, -0.2) is 4.98 Å². The Balaban J connectivity index is 1.66. The van der Waals surface area contributed by atoms with Crippen LogP contribution in [0.3, 0.4) is 0 Å². The Labute approximate surface area is 137 Å². The van der Waals surface area contributed by atoms with Crippen LogP contribution in [0.4, 0.5) is 0 Å². The van der Waals surface area contributed by atoms with Crippen LogP contribution < -0.4 is 5.32 Å². The van der Waals surface area contributed by atoms with Crippen LogP contribution >= 0.6 is 0 Å². The molecule has 6 heteroatoms. The molecule has 2 amide bonds. The summed E-state index contributed by atoms with van der Waals surface area (Å²) in [6, 6.07) is 0.363. The molecular formula is C17H26N4O2. The first-order valence-corrected chi connectivity index (χ1v) is 8.70. The Kier molecular flexibility index (Phi) is 4.68. The summed E-state index contributed by atoms with van der Waals surface area (Å²) in [4.78, 5) is 30.7. The smallest absolute Gasteiger partial charge is 0.274 e. The number of nitrogens with zero attached hydrogens (tertiary/aromatic N) is 3. The summed E-state index contributed by atoms with van der Waals surface area (Å²) < 4.78 is 1.99. The normalized spacial score (nSPS) is 21.0. The van der Waals surface area contributed by atoms with Gasteiger partial charge in [0.25, 0.3) is 5.91 Å². The molecule has 1 aromatic heterocycles. The van der Waals surface area contributed by atoms with Crippen molar-refractivity contribution in [3.63, 3.8) is 0 Å². The van der Waals surface area contributed by atoms with E-state index >= 15 is 0 Å². The minimum Gasteiger partial charge on any atom is -0.353 e. The number of rotatable bonds is 4. The molecule has 1 aliphatic heterocycles. The van der Waals surface area contributed by atoms with Crippen molar-refractivity contribution in [1.82, 2.24) is 19.8 Å². The number of carbonyl (C=O) groups is 2. The van der Waals surface area contributed by atoms with Crippen LogP contribution in [0.15, 0.2) is 6.33 Å². The van der Waals surface area contributed by atoms with E-state index in [1.165, 1.54) is 12.8 Å². The van der Waals surface area contributed by atoms with Crippen molar-refractivity contribution in [3.05, 3.63) is 17.7 Å². The summed E-state index contributed by atoms with van der Waals surface area (Å²) in [5.74, 6) is 0.120. The minimum atomic E-state index is -0.0323. The molecule has 2 heterocycles. The third-order valence-corrected chi connectivity index (χ3v) is 5.19. The summed E-state index contributed by atoms with van der Waals surface area (Å²) >= 11 is 0. The molecule has 1 N–H and O–H groups in total. The van der Waals surface area contributed by atoms with Crippen molar-refractivity contribution < 1.29 is 9.59 Å². The SMILES string of the molecule is CCN(C)C(=O)c1ncn2c1CCC(C(=O)NC1CCCC1)C2. The van der Waals surface area contributed by atoms with Gasteiger partial charge in [0.15, 0.2) is 0 Å². The lowest BCUT2D eigenvalue weighted by Crippen LogP contribution is -2.40. The first-order chi connectivity index (χ1) is 11.1. The average molecular weight is 318 g/mol. The number of hydrogen-bond acceptors (Lipinski definition) is 3. The van der Waals surface area contributed by atoms with Crippen LogP contribution in [0, 0.1) is 5.92 Å². The molecular weight excluding hydrogens is 292 g/mol. The van der Waals surface area contributed by atoms with Crippen LogP contribution in [0.2, 0.25) is 0 Å². The van der Waals surface area contributed by atoms with Gasteiger partial charge < -0.3 is 14.8 Å². The van der Waals surface area contributed by atoms with Crippen molar-refractivity contribution >= 4 is 11.8 Å². The van der Waals surface area contributed by atoms with Crippen LogP contribution in [0.5, 0.6) is 0 Å². The molecule has 3 rings (SSSR count). The van der Waals surface area contributed by atoms with Gasteiger partial charge in [0.05, 0.1) is 17.9 Å². The van der Waals surface area contributed by atoms with Gasteiger partial charge in [-0.05, 0) is 32.6 Å². The summed E-state index contributed by atoms with van der Waals surface area (Å²) in [6.07, 6.45) is 7.89. The molecule has 6 nitrogen and oxygen atoms in total. The highest BCUT2D eigenvalue weighted by Crippen LogP contribution is 2.24. The lowest BCUT2D eigenvalue weighted by atomic mass is 9.95. The largest absolute Gasteiger partial charge is 0.353 e. The van der Waals surface area contributed by atoms with Gasteiger partial charge in [-0.1, -0.05) is 12.8 Å². The molecule has 0 bridgehead atoms. The number of aromatic nitrogens is 2. The molecule has 0 aromatic carbocycles. The maximum Gasteiger partial charge on any atom is 0.274 e. The van der Waals surface area contributed by atoms with Crippen LogP contribution in [-0.4, -0.2) is 45.9 Å².